The summed E-state index contributed by atoms with van der Waals surface area (Å²) in [5.74, 6) is 1.95. The van der Waals surface area contributed by atoms with Crippen LogP contribution >= 0.6 is 27.5 Å². The third kappa shape index (κ3) is 3.68. The average Bonchev–Trinajstić information content (AvgIpc) is 3.30. The lowest BCUT2D eigenvalue weighted by atomic mass is 10.2. The first kappa shape index (κ1) is 16.9. The average molecular weight is 432 g/mol. The molecule has 0 fully saturated rings. The van der Waals surface area contributed by atoms with Crippen LogP contribution in [0.25, 0.3) is 22.8 Å². The van der Waals surface area contributed by atoms with Crippen molar-refractivity contribution in [3.05, 3.63) is 69.8 Å². The Hall–Kier alpha value is -2.51. The second-order valence-corrected chi connectivity index (χ2v) is 6.82. The van der Waals surface area contributed by atoms with Crippen molar-refractivity contribution >= 4 is 27.5 Å². The molecule has 0 saturated carbocycles. The van der Waals surface area contributed by atoms with Crippen LogP contribution in [-0.4, -0.2) is 20.3 Å². The van der Waals surface area contributed by atoms with Crippen LogP contribution < -0.4 is 0 Å². The van der Waals surface area contributed by atoms with Crippen molar-refractivity contribution in [2.24, 2.45) is 0 Å². The SMILES string of the molecule is Clc1ccccc1-c1nnc(CCc2nc(-c3ccc(Br)cc3)no2)o1. The minimum absolute atomic E-state index is 0.395. The van der Waals surface area contributed by atoms with E-state index in [0.717, 1.165) is 10.0 Å². The normalized spacial score (nSPS) is 11.0. The molecule has 4 rings (SSSR count). The Labute approximate surface area is 162 Å². The summed E-state index contributed by atoms with van der Waals surface area (Å²) in [5, 5.41) is 12.7. The van der Waals surface area contributed by atoms with Crippen LogP contribution in [0.5, 0.6) is 0 Å². The number of aromatic nitrogens is 4. The predicted molar refractivity (Wildman–Crippen MR) is 99.6 cm³/mol. The molecule has 0 aliphatic carbocycles. The first-order valence-electron chi connectivity index (χ1n) is 7.85. The zero-order valence-electron chi connectivity index (χ0n) is 13.4. The van der Waals surface area contributed by atoms with Gasteiger partial charge in [-0.15, -0.1) is 10.2 Å². The van der Waals surface area contributed by atoms with E-state index < -0.39 is 0 Å². The zero-order chi connectivity index (χ0) is 17.9. The summed E-state index contributed by atoms with van der Waals surface area (Å²) in [4.78, 5) is 4.40. The number of nitrogens with zero attached hydrogens (tertiary/aromatic N) is 4. The van der Waals surface area contributed by atoms with Gasteiger partial charge in [-0.05, 0) is 36.4 Å². The lowest BCUT2D eigenvalue weighted by molar-refractivity contribution is 0.373. The highest BCUT2D eigenvalue weighted by atomic mass is 79.9. The number of benzene rings is 2. The molecule has 130 valence electrons. The van der Waals surface area contributed by atoms with Gasteiger partial charge in [-0.1, -0.05) is 44.8 Å². The first-order chi connectivity index (χ1) is 12.7. The van der Waals surface area contributed by atoms with Crippen molar-refractivity contribution in [3.63, 3.8) is 0 Å². The Morgan fingerprint density at radius 1 is 0.923 bits per heavy atom. The monoisotopic (exact) mass is 430 g/mol. The summed E-state index contributed by atoms with van der Waals surface area (Å²) in [6.07, 6.45) is 1.01. The molecule has 0 aliphatic rings. The van der Waals surface area contributed by atoms with Crippen LogP contribution in [0.3, 0.4) is 0 Å². The quantitative estimate of drug-likeness (QED) is 0.443. The molecular formula is C18H12BrClN4O2. The molecule has 4 aromatic rings. The summed E-state index contributed by atoms with van der Waals surface area (Å²) in [7, 11) is 0. The second-order valence-electron chi connectivity index (χ2n) is 5.50. The van der Waals surface area contributed by atoms with Gasteiger partial charge in [0.1, 0.15) is 0 Å². The summed E-state index contributed by atoms with van der Waals surface area (Å²) in [6, 6.07) is 15.0. The molecule has 0 amide bonds. The second kappa shape index (κ2) is 7.39. The van der Waals surface area contributed by atoms with E-state index in [1.807, 2.05) is 42.5 Å². The highest BCUT2D eigenvalue weighted by Gasteiger charge is 2.14. The summed E-state index contributed by atoms with van der Waals surface area (Å²) in [6.45, 7) is 0. The minimum atomic E-state index is 0.395. The maximum absolute atomic E-state index is 6.15. The standard InChI is InChI=1S/C18H12BrClN4O2/c19-12-7-5-11(6-8-12)17-21-15(26-24-17)9-10-16-22-23-18(25-16)13-3-1-2-4-14(13)20/h1-8H,9-10H2. The van der Waals surface area contributed by atoms with E-state index in [1.54, 1.807) is 6.07 Å². The van der Waals surface area contributed by atoms with E-state index in [-0.39, 0.29) is 0 Å². The van der Waals surface area contributed by atoms with Crippen molar-refractivity contribution in [2.45, 2.75) is 12.8 Å². The summed E-state index contributed by atoms with van der Waals surface area (Å²) >= 11 is 9.55. The molecule has 0 aliphatic heterocycles. The maximum atomic E-state index is 6.15. The summed E-state index contributed by atoms with van der Waals surface area (Å²) < 4.78 is 12.0. The Balaban J connectivity index is 1.44. The van der Waals surface area contributed by atoms with Gasteiger partial charge in [-0.2, -0.15) is 4.98 Å². The van der Waals surface area contributed by atoms with Gasteiger partial charge in [-0.3, -0.25) is 0 Å². The largest absolute Gasteiger partial charge is 0.421 e. The molecule has 0 unspecified atom stereocenters. The molecule has 26 heavy (non-hydrogen) atoms. The van der Waals surface area contributed by atoms with Gasteiger partial charge in [0, 0.05) is 22.9 Å². The van der Waals surface area contributed by atoms with Crippen LogP contribution in [-0.2, 0) is 12.8 Å². The number of hydrogen-bond acceptors (Lipinski definition) is 6. The topological polar surface area (TPSA) is 77.8 Å². The van der Waals surface area contributed by atoms with E-state index >= 15 is 0 Å². The van der Waals surface area contributed by atoms with Crippen LogP contribution in [0.1, 0.15) is 11.8 Å². The van der Waals surface area contributed by atoms with E-state index in [4.69, 9.17) is 20.5 Å². The molecule has 2 heterocycles. The number of halogens is 2. The molecule has 2 aromatic carbocycles. The number of aryl methyl sites for hydroxylation is 2. The minimum Gasteiger partial charge on any atom is -0.421 e. The lowest BCUT2D eigenvalue weighted by Gasteiger charge is -1.96. The Bertz CT molecular complexity index is 1030. The van der Waals surface area contributed by atoms with Gasteiger partial charge >= 0.3 is 0 Å². The van der Waals surface area contributed by atoms with Crippen molar-refractivity contribution in [1.29, 1.82) is 0 Å². The zero-order valence-corrected chi connectivity index (χ0v) is 15.7. The number of rotatable bonds is 5. The first-order valence-corrected chi connectivity index (χ1v) is 9.02. The predicted octanol–water partition coefficient (Wildman–Crippen LogP) is 4.99. The van der Waals surface area contributed by atoms with Gasteiger partial charge in [-0.25, -0.2) is 0 Å². The highest BCUT2D eigenvalue weighted by Crippen LogP contribution is 2.26. The molecule has 0 atom stereocenters. The fraction of sp³-hybridized carbons (Fsp3) is 0.111. The fourth-order valence-corrected chi connectivity index (χ4v) is 2.87. The maximum Gasteiger partial charge on any atom is 0.249 e. The highest BCUT2D eigenvalue weighted by molar-refractivity contribution is 9.10. The van der Waals surface area contributed by atoms with Crippen LogP contribution in [0.15, 0.2) is 61.9 Å². The van der Waals surface area contributed by atoms with Gasteiger partial charge in [0.2, 0.25) is 23.5 Å². The van der Waals surface area contributed by atoms with Crippen molar-refractivity contribution in [3.8, 4) is 22.8 Å². The molecule has 0 radical (unpaired) electrons. The van der Waals surface area contributed by atoms with Gasteiger partial charge in [0.05, 0.1) is 10.6 Å². The van der Waals surface area contributed by atoms with Gasteiger partial charge < -0.3 is 8.94 Å². The number of hydrogen-bond donors (Lipinski definition) is 0. The fourth-order valence-electron chi connectivity index (χ4n) is 2.38. The molecule has 0 N–H and O–H groups in total. The van der Waals surface area contributed by atoms with Crippen LogP contribution in [0.2, 0.25) is 5.02 Å². The Kier molecular flexibility index (Phi) is 4.81. The van der Waals surface area contributed by atoms with Gasteiger partial charge in [0.15, 0.2) is 0 Å². The third-order valence-corrected chi connectivity index (χ3v) is 4.55. The molecule has 0 saturated heterocycles. The van der Waals surface area contributed by atoms with E-state index in [9.17, 15) is 0 Å². The molecule has 0 bridgehead atoms. The van der Waals surface area contributed by atoms with E-state index in [2.05, 4.69) is 36.3 Å². The third-order valence-electron chi connectivity index (χ3n) is 3.69. The molecule has 2 aromatic heterocycles. The molecular weight excluding hydrogens is 420 g/mol. The van der Waals surface area contributed by atoms with Crippen molar-refractivity contribution in [2.75, 3.05) is 0 Å². The Morgan fingerprint density at radius 3 is 2.50 bits per heavy atom. The van der Waals surface area contributed by atoms with Crippen molar-refractivity contribution < 1.29 is 8.94 Å². The van der Waals surface area contributed by atoms with E-state index in [1.165, 1.54) is 0 Å². The van der Waals surface area contributed by atoms with Crippen LogP contribution in [0, 0.1) is 0 Å². The van der Waals surface area contributed by atoms with Gasteiger partial charge in [0.25, 0.3) is 0 Å². The molecule has 8 heteroatoms. The van der Waals surface area contributed by atoms with Crippen molar-refractivity contribution in [1.82, 2.24) is 20.3 Å². The lowest BCUT2D eigenvalue weighted by Crippen LogP contribution is -1.92. The van der Waals surface area contributed by atoms with Crippen LogP contribution in [0.4, 0.5) is 0 Å². The smallest absolute Gasteiger partial charge is 0.249 e. The molecule has 6 nitrogen and oxygen atoms in total. The van der Waals surface area contributed by atoms with E-state index in [0.29, 0.717) is 46.9 Å². The summed E-state index contributed by atoms with van der Waals surface area (Å²) in [5.41, 5.74) is 1.60. The molecule has 0 spiro atoms. The Morgan fingerprint density at radius 2 is 1.69 bits per heavy atom.